The van der Waals surface area contributed by atoms with E-state index in [9.17, 15) is 4.79 Å². The summed E-state index contributed by atoms with van der Waals surface area (Å²) in [5.41, 5.74) is 2.60. The van der Waals surface area contributed by atoms with E-state index >= 15 is 0 Å². The van der Waals surface area contributed by atoms with E-state index < -0.39 is 0 Å². The number of anilines is 1. The van der Waals surface area contributed by atoms with Gasteiger partial charge in [-0.05, 0) is 48.9 Å². The molecule has 1 aromatic carbocycles. The highest BCUT2D eigenvalue weighted by atomic mass is 16.5. The molecule has 1 N–H and O–H groups in total. The molecule has 1 amide bonds. The fourth-order valence-electron chi connectivity index (χ4n) is 3.44. The monoisotopic (exact) mass is 353 g/mol. The van der Waals surface area contributed by atoms with E-state index in [-0.39, 0.29) is 5.91 Å². The van der Waals surface area contributed by atoms with Crippen molar-refractivity contribution in [2.24, 2.45) is 5.92 Å². The summed E-state index contributed by atoms with van der Waals surface area (Å²) in [4.78, 5) is 18.9. The predicted octanol–water partition coefficient (Wildman–Crippen LogP) is 3.62. The Kier molecular flexibility index (Phi) is 6.10. The summed E-state index contributed by atoms with van der Waals surface area (Å²) in [5.74, 6) is 1.50. The Morgan fingerprint density at radius 2 is 2.19 bits per heavy atom. The third-order valence-electron chi connectivity index (χ3n) is 4.84. The van der Waals surface area contributed by atoms with E-state index in [1.165, 1.54) is 6.42 Å². The van der Waals surface area contributed by atoms with Crippen molar-refractivity contribution in [3.63, 3.8) is 0 Å². The van der Waals surface area contributed by atoms with Gasteiger partial charge in [0.15, 0.2) is 0 Å². The smallest absolute Gasteiger partial charge is 0.272 e. The van der Waals surface area contributed by atoms with Crippen LogP contribution in [0.15, 0.2) is 42.6 Å². The van der Waals surface area contributed by atoms with Gasteiger partial charge in [0.2, 0.25) is 0 Å². The average molecular weight is 353 g/mol. The lowest BCUT2D eigenvalue weighted by Crippen LogP contribution is -2.39. The number of pyridine rings is 1. The van der Waals surface area contributed by atoms with E-state index in [2.05, 4.69) is 23.3 Å². The summed E-state index contributed by atoms with van der Waals surface area (Å²) >= 11 is 0. The number of likely N-dealkylation sites (tertiary alicyclic amines) is 1. The third-order valence-corrected chi connectivity index (χ3v) is 4.84. The van der Waals surface area contributed by atoms with Crippen LogP contribution in [0.3, 0.4) is 0 Å². The second-order valence-electron chi connectivity index (χ2n) is 6.92. The first-order chi connectivity index (χ1) is 12.7. The molecular weight excluding hydrogens is 326 g/mol. The molecule has 138 valence electrons. The van der Waals surface area contributed by atoms with E-state index in [1.807, 2.05) is 35.2 Å². The molecule has 5 nitrogen and oxygen atoms in total. The maximum atomic E-state index is 12.7. The molecule has 0 radical (unpaired) electrons. The van der Waals surface area contributed by atoms with Crippen LogP contribution >= 0.6 is 0 Å². The Morgan fingerprint density at radius 3 is 3.00 bits per heavy atom. The summed E-state index contributed by atoms with van der Waals surface area (Å²) in [7, 11) is 1.69. The fourth-order valence-corrected chi connectivity index (χ4v) is 3.44. The normalized spacial score (nSPS) is 17.0. The number of ether oxygens (including phenoxy) is 1. The van der Waals surface area contributed by atoms with Crippen molar-refractivity contribution >= 4 is 11.6 Å². The van der Waals surface area contributed by atoms with Gasteiger partial charge in [0.25, 0.3) is 5.91 Å². The van der Waals surface area contributed by atoms with Crippen LogP contribution in [0.25, 0.3) is 0 Å². The van der Waals surface area contributed by atoms with E-state index in [1.54, 1.807) is 13.3 Å². The molecule has 0 aliphatic carbocycles. The molecule has 1 fully saturated rings. The Bertz CT molecular complexity index is 748. The van der Waals surface area contributed by atoms with E-state index in [0.717, 1.165) is 49.5 Å². The molecule has 1 aromatic heterocycles. The van der Waals surface area contributed by atoms with Crippen molar-refractivity contribution < 1.29 is 9.53 Å². The molecule has 0 saturated carbocycles. The van der Waals surface area contributed by atoms with Crippen molar-refractivity contribution in [3.8, 4) is 5.75 Å². The Morgan fingerprint density at radius 1 is 1.35 bits per heavy atom. The van der Waals surface area contributed by atoms with Gasteiger partial charge in [-0.2, -0.15) is 0 Å². The molecule has 0 spiro atoms. The number of amides is 1. The lowest BCUT2D eigenvalue weighted by atomic mass is 10.00. The molecule has 1 aliphatic rings. The van der Waals surface area contributed by atoms with Crippen LogP contribution in [-0.2, 0) is 6.42 Å². The minimum absolute atomic E-state index is 0.0323. The van der Waals surface area contributed by atoms with E-state index in [4.69, 9.17) is 4.74 Å². The van der Waals surface area contributed by atoms with Gasteiger partial charge < -0.3 is 15.0 Å². The fraction of sp³-hybridized carbons (Fsp3) is 0.429. The first-order valence-corrected chi connectivity index (χ1v) is 9.28. The molecule has 26 heavy (non-hydrogen) atoms. The molecule has 5 heteroatoms. The molecule has 1 saturated heterocycles. The predicted molar refractivity (Wildman–Crippen MR) is 104 cm³/mol. The highest BCUT2D eigenvalue weighted by molar-refractivity contribution is 5.93. The molecule has 1 aliphatic heterocycles. The van der Waals surface area contributed by atoms with Gasteiger partial charge in [0, 0.05) is 31.5 Å². The van der Waals surface area contributed by atoms with Crippen LogP contribution in [0.1, 0.15) is 35.8 Å². The summed E-state index contributed by atoms with van der Waals surface area (Å²) in [6.07, 6.45) is 4.82. The molecule has 3 rings (SSSR count). The molecule has 2 aromatic rings. The average Bonchev–Trinajstić information content (AvgIpc) is 2.68. The van der Waals surface area contributed by atoms with Crippen LogP contribution in [0.5, 0.6) is 5.75 Å². The SMILES string of the molecule is COc1ccccc1CCNc1ccnc(C(=O)N2CCCC(C)C2)c1. The highest BCUT2D eigenvalue weighted by Gasteiger charge is 2.22. The quantitative estimate of drug-likeness (QED) is 0.862. The summed E-state index contributed by atoms with van der Waals surface area (Å²) < 4.78 is 5.39. The van der Waals surface area contributed by atoms with Crippen LogP contribution < -0.4 is 10.1 Å². The van der Waals surface area contributed by atoms with Crippen molar-refractivity contribution in [1.29, 1.82) is 0 Å². The summed E-state index contributed by atoms with van der Waals surface area (Å²) in [6, 6.07) is 11.8. The van der Waals surface area contributed by atoms with Crippen molar-refractivity contribution in [1.82, 2.24) is 9.88 Å². The molecule has 0 bridgehead atoms. The zero-order chi connectivity index (χ0) is 18.4. The number of benzene rings is 1. The van der Waals surface area contributed by atoms with Crippen molar-refractivity contribution in [3.05, 3.63) is 53.9 Å². The number of hydrogen-bond acceptors (Lipinski definition) is 4. The number of methoxy groups -OCH3 is 1. The van der Waals surface area contributed by atoms with Gasteiger partial charge in [-0.3, -0.25) is 9.78 Å². The van der Waals surface area contributed by atoms with Crippen LogP contribution in [0, 0.1) is 5.92 Å². The number of rotatable bonds is 6. The third kappa shape index (κ3) is 4.54. The second-order valence-corrected chi connectivity index (χ2v) is 6.92. The number of para-hydroxylation sites is 1. The number of nitrogens with one attached hydrogen (secondary N) is 1. The lowest BCUT2D eigenvalue weighted by molar-refractivity contribution is 0.0677. The standard InChI is InChI=1S/C21H27N3O2/c1-16-6-5-13-24(15-16)21(25)19-14-18(10-12-23-19)22-11-9-17-7-3-4-8-20(17)26-2/h3-4,7-8,10,12,14,16H,5-6,9,11,13,15H2,1-2H3,(H,22,23). The minimum Gasteiger partial charge on any atom is -0.496 e. The van der Waals surface area contributed by atoms with Gasteiger partial charge in [0.05, 0.1) is 7.11 Å². The maximum Gasteiger partial charge on any atom is 0.272 e. The van der Waals surface area contributed by atoms with Gasteiger partial charge in [-0.25, -0.2) is 0 Å². The molecule has 1 unspecified atom stereocenters. The summed E-state index contributed by atoms with van der Waals surface area (Å²) in [6.45, 7) is 4.61. The number of nitrogens with zero attached hydrogens (tertiary/aromatic N) is 2. The number of piperidine rings is 1. The molecular formula is C21H27N3O2. The Labute approximate surface area is 155 Å². The summed E-state index contributed by atoms with van der Waals surface area (Å²) in [5, 5.41) is 3.39. The zero-order valence-electron chi connectivity index (χ0n) is 15.6. The molecule has 1 atom stereocenters. The topological polar surface area (TPSA) is 54.5 Å². The second kappa shape index (κ2) is 8.70. The number of carbonyl (C=O) groups is 1. The number of carbonyl (C=O) groups excluding carboxylic acids is 1. The Balaban J connectivity index is 1.59. The van der Waals surface area contributed by atoms with Crippen LogP contribution in [0.4, 0.5) is 5.69 Å². The van der Waals surface area contributed by atoms with Gasteiger partial charge >= 0.3 is 0 Å². The van der Waals surface area contributed by atoms with Crippen molar-refractivity contribution in [2.45, 2.75) is 26.2 Å². The largest absolute Gasteiger partial charge is 0.496 e. The first-order valence-electron chi connectivity index (χ1n) is 9.28. The van der Waals surface area contributed by atoms with Gasteiger partial charge in [-0.15, -0.1) is 0 Å². The highest BCUT2D eigenvalue weighted by Crippen LogP contribution is 2.20. The van der Waals surface area contributed by atoms with Gasteiger partial charge in [0.1, 0.15) is 11.4 Å². The maximum absolute atomic E-state index is 12.7. The van der Waals surface area contributed by atoms with Gasteiger partial charge in [-0.1, -0.05) is 25.1 Å². The van der Waals surface area contributed by atoms with Crippen molar-refractivity contribution in [2.75, 3.05) is 32.1 Å². The number of hydrogen-bond donors (Lipinski definition) is 1. The Hall–Kier alpha value is -2.56. The van der Waals surface area contributed by atoms with E-state index in [0.29, 0.717) is 11.6 Å². The van der Waals surface area contributed by atoms with Crippen LogP contribution in [0.2, 0.25) is 0 Å². The minimum atomic E-state index is 0.0323. The lowest BCUT2D eigenvalue weighted by Gasteiger charge is -2.30. The number of aromatic nitrogens is 1. The van der Waals surface area contributed by atoms with Crippen LogP contribution in [-0.4, -0.2) is 42.5 Å². The molecule has 2 heterocycles. The first kappa shape index (κ1) is 18.2. The zero-order valence-corrected chi connectivity index (χ0v) is 15.6.